The molecule has 0 unspecified atom stereocenters. The van der Waals surface area contributed by atoms with Gasteiger partial charge in [-0.3, -0.25) is 9.59 Å². The Morgan fingerprint density at radius 2 is 1.97 bits per heavy atom. The van der Waals surface area contributed by atoms with Gasteiger partial charge in [0.1, 0.15) is 18.0 Å². The molecule has 2 aliphatic carbocycles. The third-order valence-electron chi connectivity index (χ3n) is 7.59. The van der Waals surface area contributed by atoms with Crippen LogP contribution in [-0.2, 0) is 22.6 Å². The van der Waals surface area contributed by atoms with Crippen molar-refractivity contribution < 1.29 is 38.8 Å². The van der Waals surface area contributed by atoms with E-state index in [0.29, 0.717) is 40.2 Å². The minimum Gasteiger partial charge on any atom is -0.493 e. The van der Waals surface area contributed by atoms with Crippen molar-refractivity contribution in [3.05, 3.63) is 70.6 Å². The molecule has 5 rings (SSSR count). The molecule has 1 saturated carbocycles. The zero-order valence-electron chi connectivity index (χ0n) is 21.7. The summed E-state index contributed by atoms with van der Waals surface area (Å²) in [4.78, 5) is 28.4. The standard InChI is InChI=1S/C29H33FN2O7/c1-38-23-13-17(15-34)12-20-24-21(28(36)31-8-10-33)14-22(25(35)27(24)39-26(20)23)32(29(37)18-5-6-18)9-7-16-3-2-4-19(30)11-16/h2-4,11-14,18,22,24-25,27,33-35H,5-10,15H2,1H3,(H,31,36)/t22-,24+,25+,27+/m1/s1. The molecule has 2 amide bonds. The van der Waals surface area contributed by atoms with Crippen molar-refractivity contribution in [2.24, 2.45) is 5.92 Å². The second-order valence-corrected chi connectivity index (χ2v) is 10.2. The lowest BCUT2D eigenvalue weighted by molar-refractivity contribution is -0.138. The monoisotopic (exact) mass is 540 g/mol. The number of carbonyl (C=O) groups excluding carboxylic acids is 2. The number of benzene rings is 2. The average Bonchev–Trinajstić information content (AvgIpc) is 3.72. The van der Waals surface area contributed by atoms with Gasteiger partial charge in [-0.1, -0.05) is 12.1 Å². The van der Waals surface area contributed by atoms with E-state index >= 15 is 0 Å². The van der Waals surface area contributed by atoms with Crippen LogP contribution < -0.4 is 14.8 Å². The molecule has 4 N–H and O–H groups in total. The maximum Gasteiger partial charge on any atom is 0.247 e. The Hall–Kier alpha value is -3.47. The van der Waals surface area contributed by atoms with Crippen molar-refractivity contribution in [3.63, 3.8) is 0 Å². The molecule has 9 nitrogen and oxygen atoms in total. The largest absolute Gasteiger partial charge is 0.493 e. The van der Waals surface area contributed by atoms with Crippen molar-refractivity contribution in [2.45, 2.75) is 50.0 Å². The number of rotatable bonds is 10. The van der Waals surface area contributed by atoms with Gasteiger partial charge in [-0.2, -0.15) is 0 Å². The predicted octanol–water partition coefficient (Wildman–Crippen LogP) is 1.43. The summed E-state index contributed by atoms with van der Waals surface area (Å²) in [5.41, 5.74) is 2.15. The highest BCUT2D eigenvalue weighted by molar-refractivity contribution is 5.96. The van der Waals surface area contributed by atoms with E-state index in [4.69, 9.17) is 9.47 Å². The van der Waals surface area contributed by atoms with Crippen LogP contribution in [0.25, 0.3) is 0 Å². The Balaban J connectivity index is 1.54. The molecule has 0 aromatic heterocycles. The number of fused-ring (bicyclic) bond motifs is 3. The summed E-state index contributed by atoms with van der Waals surface area (Å²) in [6, 6.07) is 8.64. The molecule has 1 heterocycles. The number of aliphatic hydroxyl groups is 3. The average molecular weight is 541 g/mol. The Morgan fingerprint density at radius 3 is 2.64 bits per heavy atom. The Bertz CT molecular complexity index is 1280. The summed E-state index contributed by atoms with van der Waals surface area (Å²) < 4.78 is 25.5. The zero-order chi connectivity index (χ0) is 27.7. The highest BCUT2D eigenvalue weighted by Gasteiger charge is 2.52. The van der Waals surface area contributed by atoms with Gasteiger partial charge in [0, 0.05) is 30.1 Å². The topological polar surface area (TPSA) is 129 Å². The molecule has 208 valence electrons. The molecule has 10 heteroatoms. The van der Waals surface area contributed by atoms with Crippen LogP contribution in [0.2, 0.25) is 0 Å². The molecule has 4 atom stereocenters. The number of hydrogen-bond acceptors (Lipinski definition) is 7. The van der Waals surface area contributed by atoms with Crippen LogP contribution in [0.3, 0.4) is 0 Å². The van der Waals surface area contributed by atoms with Crippen molar-refractivity contribution in [3.8, 4) is 11.5 Å². The Labute approximate surface area is 225 Å². The number of amides is 2. The smallest absolute Gasteiger partial charge is 0.247 e. The van der Waals surface area contributed by atoms with Crippen LogP contribution in [0.1, 0.15) is 35.4 Å². The van der Waals surface area contributed by atoms with Crippen LogP contribution in [0.15, 0.2) is 48.0 Å². The molecule has 2 aromatic carbocycles. The van der Waals surface area contributed by atoms with Gasteiger partial charge in [0.25, 0.3) is 0 Å². The fourth-order valence-electron chi connectivity index (χ4n) is 5.53. The van der Waals surface area contributed by atoms with Crippen molar-refractivity contribution in [2.75, 3.05) is 26.8 Å². The molecule has 3 aliphatic rings. The van der Waals surface area contributed by atoms with Crippen LogP contribution in [0.4, 0.5) is 4.39 Å². The van der Waals surface area contributed by atoms with Gasteiger partial charge in [-0.05, 0) is 60.7 Å². The minimum absolute atomic E-state index is 0.0266. The van der Waals surface area contributed by atoms with Crippen LogP contribution >= 0.6 is 0 Å². The third-order valence-corrected chi connectivity index (χ3v) is 7.59. The van der Waals surface area contributed by atoms with Gasteiger partial charge in [0.15, 0.2) is 11.5 Å². The highest BCUT2D eigenvalue weighted by Crippen LogP contribution is 2.51. The fraction of sp³-hybridized carbons (Fsp3) is 0.448. The molecule has 0 radical (unpaired) electrons. The molecular formula is C29H33FN2O7. The van der Waals surface area contributed by atoms with Crippen LogP contribution in [-0.4, -0.2) is 77.1 Å². The minimum atomic E-state index is -1.19. The van der Waals surface area contributed by atoms with E-state index in [-0.39, 0.29) is 43.9 Å². The lowest BCUT2D eigenvalue weighted by atomic mass is 9.77. The molecule has 0 bridgehead atoms. The predicted molar refractivity (Wildman–Crippen MR) is 139 cm³/mol. The molecule has 1 aliphatic heterocycles. The number of carbonyl (C=O) groups is 2. The van der Waals surface area contributed by atoms with E-state index in [2.05, 4.69) is 5.32 Å². The summed E-state index contributed by atoms with van der Waals surface area (Å²) in [6.07, 6.45) is 1.38. The molecule has 0 saturated heterocycles. The van der Waals surface area contributed by atoms with E-state index in [1.54, 1.807) is 35.2 Å². The number of ether oxygens (including phenoxy) is 2. The number of nitrogens with one attached hydrogen (secondary N) is 1. The summed E-state index contributed by atoms with van der Waals surface area (Å²) in [7, 11) is 1.47. The van der Waals surface area contributed by atoms with Crippen molar-refractivity contribution >= 4 is 11.8 Å². The normalized spacial score (nSPS) is 23.3. The Kier molecular flexibility index (Phi) is 7.88. The first-order chi connectivity index (χ1) is 18.9. The quantitative estimate of drug-likeness (QED) is 0.359. The second-order valence-electron chi connectivity index (χ2n) is 10.2. The summed E-state index contributed by atoms with van der Waals surface area (Å²) in [5.74, 6) is -1.07. The lowest BCUT2D eigenvalue weighted by Crippen LogP contribution is -2.56. The van der Waals surface area contributed by atoms with Crippen LogP contribution in [0, 0.1) is 11.7 Å². The van der Waals surface area contributed by atoms with E-state index in [1.807, 2.05) is 0 Å². The van der Waals surface area contributed by atoms with Gasteiger partial charge in [0.2, 0.25) is 11.8 Å². The summed E-state index contributed by atoms with van der Waals surface area (Å²) >= 11 is 0. The molecule has 0 spiro atoms. The molecule has 1 fully saturated rings. The highest BCUT2D eigenvalue weighted by atomic mass is 19.1. The van der Waals surface area contributed by atoms with E-state index in [9.17, 15) is 29.3 Å². The SMILES string of the molecule is COc1cc(CO)cc2c1O[C@@H]1[C@@H](O)[C@H](N(CCc3cccc(F)c3)C(=O)C3CC3)C=C(C(=O)NCCO)[C@H]21. The number of nitrogens with zero attached hydrogens (tertiary/aromatic N) is 1. The number of methoxy groups -OCH3 is 1. The molecule has 39 heavy (non-hydrogen) atoms. The fourth-order valence-corrected chi connectivity index (χ4v) is 5.53. The maximum absolute atomic E-state index is 13.8. The number of hydrogen-bond donors (Lipinski definition) is 4. The van der Waals surface area contributed by atoms with E-state index < -0.39 is 30.1 Å². The first kappa shape index (κ1) is 27.1. The lowest BCUT2D eigenvalue weighted by Gasteiger charge is -2.41. The van der Waals surface area contributed by atoms with Gasteiger partial charge in [-0.25, -0.2) is 4.39 Å². The van der Waals surface area contributed by atoms with Gasteiger partial charge < -0.3 is 35.0 Å². The molecular weight excluding hydrogens is 507 g/mol. The van der Waals surface area contributed by atoms with E-state index in [0.717, 1.165) is 12.8 Å². The van der Waals surface area contributed by atoms with Gasteiger partial charge >= 0.3 is 0 Å². The van der Waals surface area contributed by atoms with E-state index in [1.165, 1.54) is 19.2 Å². The van der Waals surface area contributed by atoms with Gasteiger partial charge in [-0.15, -0.1) is 0 Å². The van der Waals surface area contributed by atoms with Crippen molar-refractivity contribution in [1.82, 2.24) is 10.2 Å². The Morgan fingerprint density at radius 1 is 1.18 bits per heavy atom. The maximum atomic E-state index is 13.8. The van der Waals surface area contributed by atoms with Crippen LogP contribution in [0.5, 0.6) is 11.5 Å². The van der Waals surface area contributed by atoms with Crippen molar-refractivity contribution in [1.29, 1.82) is 0 Å². The molecule has 2 aromatic rings. The second kappa shape index (κ2) is 11.3. The first-order valence-electron chi connectivity index (χ1n) is 13.2. The number of halogens is 1. The number of aliphatic hydroxyl groups excluding tert-OH is 3. The van der Waals surface area contributed by atoms with Gasteiger partial charge in [0.05, 0.1) is 32.3 Å². The zero-order valence-corrected chi connectivity index (χ0v) is 21.7. The third kappa shape index (κ3) is 5.36. The first-order valence-corrected chi connectivity index (χ1v) is 13.2. The summed E-state index contributed by atoms with van der Waals surface area (Å²) in [6.45, 7) is -0.274. The summed E-state index contributed by atoms with van der Waals surface area (Å²) in [5, 5.41) is 33.4.